The molecule has 1 nitrogen and oxygen atoms in total. The monoisotopic (exact) mass is 181 g/mol. The van der Waals surface area contributed by atoms with Gasteiger partial charge < -0.3 is 4.37 Å². The molecule has 0 aromatic heterocycles. The van der Waals surface area contributed by atoms with Crippen molar-refractivity contribution in [1.29, 1.82) is 0 Å². The first-order valence-electron chi connectivity index (χ1n) is 3.31. The Morgan fingerprint density at radius 2 is 2.00 bits per heavy atom. The molecule has 1 aliphatic heterocycles. The number of aromatic nitrogens is 1. The predicted molar refractivity (Wildman–Crippen MR) is 50.8 cm³/mol. The topological polar surface area (TPSA) is 15.8 Å². The van der Waals surface area contributed by atoms with Crippen LogP contribution in [-0.4, -0.2) is 4.37 Å². The maximum absolute atomic E-state index is 3.23. The quantitative estimate of drug-likeness (QED) is 0.600. The van der Waals surface area contributed by atoms with Gasteiger partial charge in [0, 0.05) is 10.9 Å². The minimum Gasteiger partial charge on any atom is -0.302 e. The molecule has 0 spiro atoms. The number of fused-ring (bicyclic) bond motifs is 1. The van der Waals surface area contributed by atoms with Gasteiger partial charge in [0.25, 0.3) is 0 Å². The molecule has 0 unspecified atom stereocenters. The van der Waals surface area contributed by atoms with Gasteiger partial charge in [-0.3, -0.25) is 0 Å². The molecule has 0 atom stereocenters. The highest BCUT2D eigenvalue weighted by Crippen LogP contribution is 2.20. The molecule has 1 N–H and O–H groups in total. The van der Waals surface area contributed by atoms with E-state index in [-0.39, 0.29) is 0 Å². The van der Waals surface area contributed by atoms with Crippen LogP contribution in [0.2, 0.25) is 0 Å². The average Bonchev–Trinajstić information content (AvgIpc) is 2.28. The van der Waals surface area contributed by atoms with Gasteiger partial charge in [-0.1, -0.05) is 34.6 Å². The first kappa shape index (κ1) is 6.88. The van der Waals surface area contributed by atoms with Crippen molar-refractivity contribution in [2.45, 2.75) is 0 Å². The second kappa shape index (κ2) is 3.07. The molecule has 2 aliphatic rings. The Morgan fingerprint density at radius 3 is 3.00 bits per heavy atom. The van der Waals surface area contributed by atoms with Gasteiger partial charge in [-0.25, -0.2) is 0 Å². The van der Waals surface area contributed by atoms with E-state index >= 15 is 0 Å². The Hall–Kier alpha value is -0.800. The van der Waals surface area contributed by atoms with Crippen LogP contribution in [-0.2, 0) is 0 Å². The standard InChI is InChI=1S/C8H7NS2/c1-2-4-7-6-10-11-9-8(7)5-3-1/h1-6,9H. The van der Waals surface area contributed by atoms with Gasteiger partial charge in [-0.05, 0) is 16.6 Å². The smallest absolute Gasteiger partial charge is 0.0565 e. The van der Waals surface area contributed by atoms with Gasteiger partial charge in [0.15, 0.2) is 0 Å². The molecule has 2 rings (SSSR count). The fourth-order valence-corrected chi connectivity index (χ4v) is 2.45. The lowest BCUT2D eigenvalue weighted by Gasteiger charge is -1.95. The van der Waals surface area contributed by atoms with E-state index in [2.05, 4.69) is 21.9 Å². The summed E-state index contributed by atoms with van der Waals surface area (Å²) < 4.78 is 3.23. The van der Waals surface area contributed by atoms with E-state index in [9.17, 15) is 0 Å². The van der Waals surface area contributed by atoms with Crippen molar-refractivity contribution in [2.24, 2.45) is 0 Å². The molecular formula is C8H7NS2. The van der Waals surface area contributed by atoms with Crippen molar-refractivity contribution >= 4 is 20.9 Å². The minimum absolute atomic E-state index is 1.19. The van der Waals surface area contributed by atoms with Crippen molar-refractivity contribution in [3.05, 3.63) is 35.7 Å². The van der Waals surface area contributed by atoms with Crippen LogP contribution < -0.4 is 0 Å². The summed E-state index contributed by atoms with van der Waals surface area (Å²) in [5, 5.41) is 2.15. The Bertz CT molecular complexity index is 311. The van der Waals surface area contributed by atoms with E-state index in [1.165, 1.54) is 11.3 Å². The Morgan fingerprint density at radius 1 is 1.09 bits per heavy atom. The summed E-state index contributed by atoms with van der Waals surface area (Å²) >= 11 is 0. The fourth-order valence-electron chi connectivity index (χ4n) is 0.902. The van der Waals surface area contributed by atoms with E-state index in [0.29, 0.717) is 0 Å². The van der Waals surface area contributed by atoms with Crippen LogP contribution in [0.1, 0.15) is 0 Å². The van der Waals surface area contributed by atoms with Crippen LogP contribution in [0.4, 0.5) is 0 Å². The zero-order chi connectivity index (χ0) is 7.52. The maximum Gasteiger partial charge on any atom is 0.0565 e. The molecule has 0 saturated carbocycles. The molecule has 0 bridgehead atoms. The predicted octanol–water partition coefficient (Wildman–Crippen LogP) is 3.37. The maximum atomic E-state index is 3.23. The summed E-state index contributed by atoms with van der Waals surface area (Å²) in [6.07, 6.45) is 0. The summed E-state index contributed by atoms with van der Waals surface area (Å²) in [6, 6.07) is 10.3. The molecule has 0 aromatic carbocycles. The van der Waals surface area contributed by atoms with E-state index in [1.54, 1.807) is 20.9 Å². The molecule has 0 radical (unpaired) electrons. The molecule has 1 aliphatic carbocycles. The number of aromatic amines is 1. The van der Waals surface area contributed by atoms with Crippen LogP contribution in [0.25, 0.3) is 11.3 Å². The Labute approximate surface area is 72.5 Å². The largest absolute Gasteiger partial charge is 0.302 e. The second-order valence-electron chi connectivity index (χ2n) is 2.18. The summed E-state index contributed by atoms with van der Waals surface area (Å²) in [7, 11) is 3.36. The first-order chi connectivity index (χ1) is 5.47. The molecule has 3 heteroatoms. The number of rotatable bonds is 0. The first-order valence-corrected chi connectivity index (χ1v) is 5.52. The highest BCUT2D eigenvalue weighted by Gasteiger charge is 1.94. The third-order valence-corrected chi connectivity index (χ3v) is 3.02. The van der Waals surface area contributed by atoms with Gasteiger partial charge >= 0.3 is 0 Å². The van der Waals surface area contributed by atoms with Gasteiger partial charge in [0.05, 0.1) is 5.69 Å². The molecule has 0 aromatic rings. The minimum atomic E-state index is 1.19. The molecule has 0 amide bonds. The number of hydrogen-bond acceptors (Lipinski definition) is 2. The normalized spacial score (nSPS) is 9.82. The molecule has 11 heavy (non-hydrogen) atoms. The van der Waals surface area contributed by atoms with Gasteiger partial charge in [0.2, 0.25) is 0 Å². The highest BCUT2D eigenvalue weighted by molar-refractivity contribution is 7.65. The van der Waals surface area contributed by atoms with Gasteiger partial charge in [-0.2, -0.15) is 0 Å². The van der Waals surface area contributed by atoms with Gasteiger partial charge in [-0.15, -0.1) is 0 Å². The van der Waals surface area contributed by atoms with Crippen LogP contribution >= 0.6 is 20.9 Å². The van der Waals surface area contributed by atoms with Crippen molar-refractivity contribution in [2.75, 3.05) is 0 Å². The van der Waals surface area contributed by atoms with E-state index in [4.69, 9.17) is 0 Å². The van der Waals surface area contributed by atoms with Crippen molar-refractivity contribution in [1.82, 2.24) is 4.37 Å². The lowest BCUT2D eigenvalue weighted by Crippen LogP contribution is -1.73. The van der Waals surface area contributed by atoms with E-state index in [1.807, 2.05) is 18.2 Å². The summed E-state index contributed by atoms with van der Waals surface area (Å²) in [6.45, 7) is 0. The summed E-state index contributed by atoms with van der Waals surface area (Å²) in [4.78, 5) is 0. The SMILES string of the molecule is c1ccc2css[nH]c-2cc1. The van der Waals surface area contributed by atoms with E-state index in [0.717, 1.165) is 0 Å². The van der Waals surface area contributed by atoms with Crippen LogP contribution in [0.3, 0.4) is 0 Å². The molecule has 1 heterocycles. The molecule has 0 fully saturated rings. The van der Waals surface area contributed by atoms with Crippen LogP contribution in [0.5, 0.6) is 0 Å². The third-order valence-electron chi connectivity index (χ3n) is 1.45. The third kappa shape index (κ3) is 1.44. The lowest BCUT2D eigenvalue weighted by molar-refractivity contribution is 1.53. The number of H-pyrrole nitrogens is 1. The number of hydrogen-bond donors (Lipinski definition) is 1. The lowest BCUT2D eigenvalue weighted by atomic mass is 10.2. The van der Waals surface area contributed by atoms with Crippen molar-refractivity contribution in [3.63, 3.8) is 0 Å². The van der Waals surface area contributed by atoms with Crippen LogP contribution in [0.15, 0.2) is 35.7 Å². The average molecular weight is 181 g/mol. The number of nitrogens with one attached hydrogen (secondary N) is 1. The van der Waals surface area contributed by atoms with E-state index < -0.39 is 0 Å². The van der Waals surface area contributed by atoms with Crippen molar-refractivity contribution in [3.8, 4) is 11.3 Å². The zero-order valence-electron chi connectivity index (χ0n) is 5.78. The molecular weight excluding hydrogens is 174 g/mol. The van der Waals surface area contributed by atoms with Crippen LogP contribution in [0, 0.1) is 0 Å². The Kier molecular flexibility index (Phi) is 1.92. The van der Waals surface area contributed by atoms with Gasteiger partial charge in [0.1, 0.15) is 0 Å². The Balaban J connectivity index is 2.75. The summed E-state index contributed by atoms with van der Waals surface area (Å²) in [5.41, 5.74) is 2.46. The molecule has 56 valence electrons. The highest BCUT2D eigenvalue weighted by atomic mass is 32.9. The fraction of sp³-hybridized carbons (Fsp3) is 0. The zero-order valence-corrected chi connectivity index (χ0v) is 7.41. The second-order valence-corrected chi connectivity index (χ2v) is 4.06. The van der Waals surface area contributed by atoms with Crippen molar-refractivity contribution < 1.29 is 0 Å². The molecule has 0 saturated heterocycles. The summed E-state index contributed by atoms with van der Waals surface area (Å²) in [5.74, 6) is 0.